The molecule has 4 nitrogen and oxygen atoms in total. The first-order valence-electron chi connectivity index (χ1n) is 6.02. The molecular weight excluding hydrogens is 307 g/mol. The largest absolute Gasteiger partial charge is 0.492 e. The number of rotatable bonds is 6. The van der Waals surface area contributed by atoms with Crippen LogP contribution in [0.4, 0.5) is 13.2 Å². The van der Waals surface area contributed by atoms with Crippen molar-refractivity contribution in [2.45, 2.75) is 23.6 Å². The van der Waals surface area contributed by atoms with E-state index in [0.717, 1.165) is 4.90 Å². The highest BCUT2D eigenvalue weighted by Gasteiger charge is 2.55. The Bertz CT molecular complexity index is 475. The molecule has 21 heavy (non-hydrogen) atoms. The van der Waals surface area contributed by atoms with Gasteiger partial charge in [0.25, 0.3) is 5.91 Å². The van der Waals surface area contributed by atoms with E-state index in [1.54, 1.807) is 23.9 Å². The van der Waals surface area contributed by atoms with Crippen LogP contribution in [0.2, 0.25) is 0 Å². The molecule has 1 rings (SSSR count). The van der Waals surface area contributed by atoms with Crippen LogP contribution in [0.1, 0.15) is 6.92 Å². The van der Waals surface area contributed by atoms with Crippen LogP contribution in [0.3, 0.4) is 0 Å². The first kappa shape index (κ1) is 17.6. The third-order valence-corrected chi connectivity index (χ3v) is 3.45. The van der Waals surface area contributed by atoms with E-state index in [0.29, 0.717) is 12.7 Å². The van der Waals surface area contributed by atoms with Gasteiger partial charge in [-0.05, 0) is 37.4 Å². The molecule has 1 aromatic rings. The normalized spacial score (nSPS) is 14.4. The van der Waals surface area contributed by atoms with Crippen LogP contribution in [-0.2, 0) is 4.79 Å². The van der Waals surface area contributed by atoms with Crippen LogP contribution in [0.15, 0.2) is 29.2 Å². The van der Waals surface area contributed by atoms with Crippen molar-refractivity contribution >= 4 is 17.7 Å². The number of hydrogen-bond donors (Lipinski definition) is 2. The topological polar surface area (TPSA) is 58.6 Å². The molecule has 8 heteroatoms. The number of ether oxygens (including phenoxy) is 1. The zero-order valence-corrected chi connectivity index (χ0v) is 12.3. The Balaban J connectivity index is 2.38. The Morgan fingerprint density at radius 3 is 2.38 bits per heavy atom. The van der Waals surface area contributed by atoms with E-state index in [2.05, 4.69) is 0 Å². The van der Waals surface area contributed by atoms with E-state index in [1.165, 1.54) is 0 Å². The third-order valence-electron chi connectivity index (χ3n) is 2.71. The average molecular weight is 323 g/mol. The van der Waals surface area contributed by atoms with E-state index < -0.39 is 17.7 Å². The van der Waals surface area contributed by atoms with Crippen LogP contribution in [0, 0.1) is 0 Å². The third kappa shape index (κ3) is 4.82. The van der Waals surface area contributed by atoms with Gasteiger partial charge in [0.1, 0.15) is 12.4 Å². The lowest BCUT2D eigenvalue weighted by Crippen LogP contribution is -2.55. The van der Waals surface area contributed by atoms with Crippen LogP contribution >= 0.6 is 11.8 Å². The number of carbonyl (C=O) groups is 1. The van der Waals surface area contributed by atoms with Gasteiger partial charge in [-0.1, -0.05) is 0 Å². The molecular formula is C13H16F3NO3S. The van der Waals surface area contributed by atoms with Gasteiger partial charge in [0.05, 0.1) is 6.54 Å². The van der Waals surface area contributed by atoms with Gasteiger partial charge >= 0.3 is 6.18 Å². The van der Waals surface area contributed by atoms with Crippen LogP contribution in [0.25, 0.3) is 0 Å². The van der Waals surface area contributed by atoms with Crippen molar-refractivity contribution in [1.29, 1.82) is 0 Å². The number of amides is 1. The second kappa shape index (κ2) is 7.04. The highest BCUT2D eigenvalue weighted by Crippen LogP contribution is 2.29. The Hall–Kier alpha value is -1.41. The Morgan fingerprint density at radius 2 is 1.90 bits per heavy atom. The van der Waals surface area contributed by atoms with Gasteiger partial charge in [0.15, 0.2) is 0 Å². The number of thioether (sulfide) groups is 1. The lowest BCUT2D eigenvalue weighted by Gasteiger charge is -2.24. The summed E-state index contributed by atoms with van der Waals surface area (Å²) in [5.74, 6) is -0.957. The van der Waals surface area contributed by atoms with Crippen molar-refractivity contribution in [3.05, 3.63) is 24.3 Å². The summed E-state index contributed by atoms with van der Waals surface area (Å²) in [5.41, 5.74) is -3.41. The monoisotopic (exact) mass is 323 g/mol. The summed E-state index contributed by atoms with van der Waals surface area (Å²) < 4.78 is 42.4. The number of halogens is 3. The molecule has 0 spiro atoms. The summed E-state index contributed by atoms with van der Waals surface area (Å²) in [6, 6.07) is 7.12. The summed E-state index contributed by atoms with van der Waals surface area (Å²) in [6.45, 7) is 0.262. The molecule has 1 aromatic carbocycles. The summed E-state index contributed by atoms with van der Waals surface area (Å²) in [6.07, 6.45) is -3.09. The van der Waals surface area contributed by atoms with Crippen molar-refractivity contribution in [3.63, 3.8) is 0 Å². The summed E-state index contributed by atoms with van der Waals surface area (Å²) in [5, 5.41) is 11.1. The minimum absolute atomic E-state index is 0.00169. The zero-order valence-electron chi connectivity index (χ0n) is 11.5. The molecule has 0 heterocycles. The van der Waals surface area contributed by atoms with Gasteiger partial charge < -0.3 is 15.2 Å². The maximum Gasteiger partial charge on any atom is 0.426 e. The second-order valence-electron chi connectivity index (χ2n) is 4.35. The smallest absolute Gasteiger partial charge is 0.426 e. The fourth-order valence-electron chi connectivity index (χ4n) is 1.31. The van der Waals surface area contributed by atoms with Crippen molar-refractivity contribution in [2.24, 2.45) is 0 Å². The van der Waals surface area contributed by atoms with Crippen LogP contribution in [-0.4, -0.2) is 42.2 Å². The van der Waals surface area contributed by atoms with E-state index >= 15 is 0 Å². The molecule has 0 bridgehead atoms. The Morgan fingerprint density at radius 1 is 1.33 bits per heavy atom. The predicted molar refractivity (Wildman–Crippen MR) is 73.4 cm³/mol. The van der Waals surface area contributed by atoms with Gasteiger partial charge in [-0.2, -0.15) is 13.2 Å². The zero-order chi connectivity index (χ0) is 16.1. The molecule has 0 aliphatic carbocycles. The number of carbonyl (C=O) groups excluding carboxylic acids is 1. The van der Waals surface area contributed by atoms with E-state index in [9.17, 15) is 18.0 Å². The molecule has 0 saturated carbocycles. The van der Waals surface area contributed by atoms with E-state index in [1.807, 2.05) is 23.7 Å². The highest BCUT2D eigenvalue weighted by atomic mass is 32.2. The van der Waals surface area contributed by atoms with E-state index in [4.69, 9.17) is 9.84 Å². The minimum Gasteiger partial charge on any atom is -0.492 e. The van der Waals surface area contributed by atoms with Gasteiger partial charge in [-0.25, -0.2) is 0 Å². The number of nitrogens with one attached hydrogen (secondary N) is 1. The summed E-state index contributed by atoms with van der Waals surface area (Å²) >= 11 is 1.57. The van der Waals surface area contributed by atoms with Crippen molar-refractivity contribution in [1.82, 2.24) is 5.32 Å². The number of aliphatic hydroxyl groups is 1. The molecule has 1 amide bonds. The number of alkyl halides is 3. The molecule has 0 aliphatic heterocycles. The molecule has 2 N–H and O–H groups in total. The Kier molecular flexibility index (Phi) is 5.91. The Labute approximate surface area is 124 Å². The average Bonchev–Trinajstić information content (AvgIpc) is 2.42. The summed E-state index contributed by atoms with van der Waals surface area (Å²) in [7, 11) is 0. The van der Waals surface area contributed by atoms with Gasteiger partial charge in [0.2, 0.25) is 5.60 Å². The van der Waals surface area contributed by atoms with Gasteiger partial charge in [-0.3, -0.25) is 4.79 Å². The molecule has 1 atom stereocenters. The molecule has 0 aliphatic rings. The van der Waals surface area contributed by atoms with Crippen LogP contribution in [0.5, 0.6) is 5.75 Å². The standard InChI is InChI=1S/C13H16F3NO3S/c1-12(19,13(14,15)16)11(18)17-7-8-20-9-3-5-10(21-2)6-4-9/h3-6,19H,7-8H2,1-2H3,(H,17,18). The summed E-state index contributed by atoms with van der Waals surface area (Å²) in [4.78, 5) is 12.3. The lowest BCUT2D eigenvalue weighted by atomic mass is 10.1. The van der Waals surface area contributed by atoms with Gasteiger partial charge in [0, 0.05) is 4.90 Å². The first-order chi connectivity index (χ1) is 9.68. The molecule has 0 fully saturated rings. The SMILES string of the molecule is CSc1ccc(OCCNC(=O)C(C)(O)C(F)(F)F)cc1. The lowest BCUT2D eigenvalue weighted by molar-refractivity contribution is -0.245. The number of benzene rings is 1. The van der Waals surface area contributed by atoms with Crippen molar-refractivity contribution < 1.29 is 27.8 Å². The predicted octanol–water partition coefficient (Wildman–Crippen LogP) is 2.22. The molecule has 0 aromatic heterocycles. The highest BCUT2D eigenvalue weighted by molar-refractivity contribution is 7.98. The fraction of sp³-hybridized carbons (Fsp3) is 0.462. The molecule has 1 unspecified atom stereocenters. The van der Waals surface area contributed by atoms with Crippen molar-refractivity contribution in [2.75, 3.05) is 19.4 Å². The van der Waals surface area contributed by atoms with Gasteiger partial charge in [-0.15, -0.1) is 11.8 Å². The molecule has 0 radical (unpaired) electrons. The maximum absolute atomic E-state index is 12.4. The van der Waals surface area contributed by atoms with Crippen molar-refractivity contribution in [3.8, 4) is 5.75 Å². The fourth-order valence-corrected chi connectivity index (χ4v) is 1.71. The quantitative estimate of drug-likeness (QED) is 0.622. The van der Waals surface area contributed by atoms with E-state index in [-0.39, 0.29) is 13.2 Å². The maximum atomic E-state index is 12.4. The minimum atomic E-state index is -5.02. The molecule has 0 saturated heterocycles. The second-order valence-corrected chi connectivity index (χ2v) is 5.23. The molecule has 118 valence electrons. The van der Waals surface area contributed by atoms with Crippen LogP contribution < -0.4 is 10.1 Å². The first-order valence-corrected chi connectivity index (χ1v) is 7.25. The number of hydrogen-bond acceptors (Lipinski definition) is 4.